The number of carbonyl (C=O) groups excluding carboxylic acids is 1. The van der Waals surface area contributed by atoms with Gasteiger partial charge in [0.15, 0.2) is 0 Å². The largest absolute Gasteiger partial charge is 0.326 e. The summed E-state index contributed by atoms with van der Waals surface area (Å²) >= 11 is 1.59. The molecule has 20 heavy (non-hydrogen) atoms. The number of hydrogen-bond acceptors (Lipinski definition) is 4. The standard InChI is InChI=1S/C15H19N3OS/c1-15(2,16)8-7-13(19)18-12-5-3-11(4-6-12)14-17-9-10-20-14/h3-6,9-10H,7-8,16H2,1-2H3,(H,18,19). The Bertz CT molecular complexity index is 556. The van der Waals surface area contributed by atoms with E-state index in [-0.39, 0.29) is 11.4 Å². The summed E-state index contributed by atoms with van der Waals surface area (Å²) < 4.78 is 0. The van der Waals surface area contributed by atoms with Crippen LogP contribution in [0.15, 0.2) is 35.8 Å². The fourth-order valence-electron chi connectivity index (χ4n) is 1.72. The maximum Gasteiger partial charge on any atom is 0.224 e. The highest BCUT2D eigenvalue weighted by Crippen LogP contribution is 2.23. The molecule has 1 aromatic carbocycles. The van der Waals surface area contributed by atoms with Gasteiger partial charge in [-0.3, -0.25) is 4.79 Å². The van der Waals surface area contributed by atoms with Crippen molar-refractivity contribution in [1.29, 1.82) is 0 Å². The fraction of sp³-hybridized carbons (Fsp3) is 0.333. The molecule has 2 rings (SSSR count). The van der Waals surface area contributed by atoms with Crippen LogP contribution in [0, 0.1) is 0 Å². The summed E-state index contributed by atoms with van der Waals surface area (Å²) in [6.45, 7) is 3.84. The van der Waals surface area contributed by atoms with Gasteiger partial charge in [-0.1, -0.05) is 0 Å². The Morgan fingerprint density at radius 1 is 1.35 bits per heavy atom. The number of rotatable bonds is 5. The highest BCUT2D eigenvalue weighted by atomic mass is 32.1. The molecule has 3 N–H and O–H groups in total. The Morgan fingerprint density at radius 3 is 2.60 bits per heavy atom. The van der Waals surface area contributed by atoms with E-state index in [2.05, 4.69) is 10.3 Å². The zero-order valence-corrected chi connectivity index (χ0v) is 12.5. The lowest BCUT2D eigenvalue weighted by atomic mass is 10.00. The summed E-state index contributed by atoms with van der Waals surface area (Å²) in [4.78, 5) is 16.0. The topological polar surface area (TPSA) is 68.0 Å². The summed E-state index contributed by atoms with van der Waals surface area (Å²) in [5, 5.41) is 5.80. The molecule has 1 heterocycles. The maximum atomic E-state index is 11.8. The van der Waals surface area contributed by atoms with Gasteiger partial charge in [0.1, 0.15) is 5.01 Å². The third-order valence-corrected chi connectivity index (χ3v) is 3.67. The van der Waals surface area contributed by atoms with Crippen LogP contribution in [0.3, 0.4) is 0 Å². The molecule has 0 fully saturated rings. The van der Waals surface area contributed by atoms with E-state index < -0.39 is 0 Å². The summed E-state index contributed by atoms with van der Waals surface area (Å²) in [6.07, 6.45) is 2.87. The van der Waals surface area contributed by atoms with Crippen molar-refractivity contribution in [2.24, 2.45) is 5.73 Å². The van der Waals surface area contributed by atoms with E-state index in [0.29, 0.717) is 12.8 Å². The lowest BCUT2D eigenvalue weighted by Gasteiger charge is -2.17. The zero-order valence-electron chi connectivity index (χ0n) is 11.7. The van der Waals surface area contributed by atoms with Gasteiger partial charge in [0, 0.05) is 34.8 Å². The first kappa shape index (κ1) is 14.7. The van der Waals surface area contributed by atoms with Crippen LogP contribution < -0.4 is 11.1 Å². The third-order valence-electron chi connectivity index (χ3n) is 2.84. The first-order chi connectivity index (χ1) is 9.44. The van der Waals surface area contributed by atoms with Crippen LogP contribution in [0.4, 0.5) is 5.69 Å². The normalized spacial score (nSPS) is 11.3. The number of nitrogens with one attached hydrogen (secondary N) is 1. The Kier molecular flexibility index (Phi) is 4.52. The van der Waals surface area contributed by atoms with E-state index in [1.165, 1.54) is 0 Å². The Balaban J connectivity index is 1.92. The maximum absolute atomic E-state index is 11.8. The summed E-state index contributed by atoms with van der Waals surface area (Å²) in [7, 11) is 0. The molecule has 1 amide bonds. The van der Waals surface area contributed by atoms with E-state index in [0.717, 1.165) is 16.3 Å². The number of aromatic nitrogens is 1. The fourth-order valence-corrected chi connectivity index (χ4v) is 2.37. The van der Waals surface area contributed by atoms with Crippen LogP contribution in [0.2, 0.25) is 0 Å². The van der Waals surface area contributed by atoms with Gasteiger partial charge in [-0.15, -0.1) is 11.3 Å². The van der Waals surface area contributed by atoms with Gasteiger partial charge in [-0.2, -0.15) is 0 Å². The Labute approximate surface area is 123 Å². The van der Waals surface area contributed by atoms with Gasteiger partial charge in [0.25, 0.3) is 0 Å². The van der Waals surface area contributed by atoms with Crippen molar-refractivity contribution in [2.75, 3.05) is 5.32 Å². The summed E-state index contributed by atoms with van der Waals surface area (Å²) in [5.41, 5.74) is 7.40. The lowest BCUT2D eigenvalue weighted by molar-refractivity contribution is -0.116. The van der Waals surface area contributed by atoms with E-state index in [1.807, 2.05) is 43.5 Å². The summed E-state index contributed by atoms with van der Waals surface area (Å²) in [5.74, 6) is -0.00877. The van der Waals surface area contributed by atoms with E-state index in [9.17, 15) is 4.79 Å². The van der Waals surface area contributed by atoms with Gasteiger partial charge < -0.3 is 11.1 Å². The number of nitrogens with two attached hydrogens (primary N) is 1. The zero-order chi connectivity index (χ0) is 14.6. The predicted octanol–water partition coefficient (Wildman–Crippen LogP) is 3.27. The minimum Gasteiger partial charge on any atom is -0.326 e. The molecule has 5 heteroatoms. The van der Waals surface area contributed by atoms with Crippen LogP contribution in [0.5, 0.6) is 0 Å². The summed E-state index contributed by atoms with van der Waals surface area (Å²) in [6, 6.07) is 7.70. The van der Waals surface area contributed by atoms with E-state index >= 15 is 0 Å². The predicted molar refractivity (Wildman–Crippen MR) is 83.7 cm³/mol. The van der Waals surface area contributed by atoms with Crippen molar-refractivity contribution >= 4 is 22.9 Å². The Morgan fingerprint density at radius 2 is 2.05 bits per heavy atom. The molecule has 0 saturated heterocycles. The van der Waals surface area contributed by atoms with Crippen LogP contribution in [0.1, 0.15) is 26.7 Å². The van der Waals surface area contributed by atoms with Crippen LogP contribution >= 0.6 is 11.3 Å². The molecular weight excluding hydrogens is 270 g/mol. The number of amides is 1. The van der Waals surface area contributed by atoms with Crippen LogP contribution in [-0.4, -0.2) is 16.4 Å². The highest BCUT2D eigenvalue weighted by molar-refractivity contribution is 7.13. The number of carbonyl (C=O) groups is 1. The second-order valence-electron chi connectivity index (χ2n) is 5.45. The second kappa shape index (κ2) is 6.15. The number of benzene rings is 1. The molecule has 0 unspecified atom stereocenters. The molecule has 0 aliphatic carbocycles. The lowest BCUT2D eigenvalue weighted by Crippen LogP contribution is -2.33. The van der Waals surface area contributed by atoms with Crippen molar-refractivity contribution in [3.8, 4) is 10.6 Å². The smallest absolute Gasteiger partial charge is 0.224 e. The molecule has 2 aromatic rings. The molecular formula is C15H19N3OS. The number of nitrogens with zero attached hydrogens (tertiary/aromatic N) is 1. The van der Waals surface area contributed by atoms with Crippen molar-refractivity contribution < 1.29 is 4.79 Å². The Hall–Kier alpha value is -1.72. The molecule has 1 aromatic heterocycles. The van der Waals surface area contributed by atoms with Gasteiger partial charge >= 0.3 is 0 Å². The average Bonchev–Trinajstić information content (AvgIpc) is 2.90. The van der Waals surface area contributed by atoms with Gasteiger partial charge in [0.2, 0.25) is 5.91 Å². The third kappa shape index (κ3) is 4.43. The molecule has 0 atom stereocenters. The van der Waals surface area contributed by atoms with Crippen LogP contribution in [0.25, 0.3) is 10.6 Å². The molecule has 0 bridgehead atoms. The molecule has 4 nitrogen and oxygen atoms in total. The van der Waals surface area contributed by atoms with Gasteiger partial charge in [-0.05, 0) is 44.5 Å². The first-order valence-corrected chi connectivity index (χ1v) is 7.41. The SMILES string of the molecule is CC(C)(N)CCC(=O)Nc1ccc(-c2nccs2)cc1. The van der Waals surface area contributed by atoms with Crippen molar-refractivity contribution in [3.63, 3.8) is 0 Å². The second-order valence-corrected chi connectivity index (χ2v) is 6.35. The van der Waals surface area contributed by atoms with Gasteiger partial charge in [-0.25, -0.2) is 4.98 Å². The monoisotopic (exact) mass is 289 g/mol. The van der Waals surface area contributed by atoms with Crippen molar-refractivity contribution in [3.05, 3.63) is 35.8 Å². The molecule has 0 spiro atoms. The van der Waals surface area contributed by atoms with Gasteiger partial charge in [0.05, 0.1) is 0 Å². The van der Waals surface area contributed by atoms with Crippen LogP contribution in [-0.2, 0) is 4.79 Å². The van der Waals surface area contributed by atoms with Crippen molar-refractivity contribution in [1.82, 2.24) is 4.98 Å². The minimum absolute atomic E-state index is 0.00877. The first-order valence-electron chi connectivity index (χ1n) is 6.53. The minimum atomic E-state index is -0.313. The average molecular weight is 289 g/mol. The van der Waals surface area contributed by atoms with Crippen molar-refractivity contribution in [2.45, 2.75) is 32.2 Å². The highest BCUT2D eigenvalue weighted by Gasteiger charge is 2.13. The molecule has 106 valence electrons. The number of hydrogen-bond donors (Lipinski definition) is 2. The quantitative estimate of drug-likeness (QED) is 0.887. The molecule has 0 radical (unpaired) electrons. The number of anilines is 1. The molecule has 0 aliphatic rings. The van der Waals surface area contributed by atoms with E-state index in [4.69, 9.17) is 5.73 Å². The molecule has 0 aliphatic heterocycles. The van der Waals surface area contributed by atoms with E-state index in [1.54, 1.807) is 17.5 Å². The number of thiazole rings is 1. The molecule has 0 saturated carbocycles.